The molecule has 0 bridgehead atoms. The molecule has 6 nitrogen and oxygen atoms in total. The lowest BCUT2D eigenvalue weighted by molar-refractivity contribution is -0.122. The summed E-state index contributed by atoms with van der Waals surface area (Å²) in [4.78, 5) is 16.2. The molecule has 124 valence electrons. The molecule has 0 aliphatic heterocycles. The zero-order chi connectivity index (χ0) is 16.8. The van der Waals surface area contributed by atoms with Crippen LogP contribution in [-0.2, 0) is 4.79 Å². The molecule has 24 heavy (non-hydrogen) atoms. The number of nitrogens with one attached hydrogen (secondary N) is 2. The van der Waals surface area contributed by atoms with Gasteiger partial charge in [-0.2, -0.15) is 0 Å². The van der Waals surface area contributed by atoms with Crippen LogP contribution in [0.2, 0.25) is 0 Å². The summed E-state index contributed by atoms with van der Waals surface area (Å²) in [6.07, 6.45) is 0. The zero-order valence-corrected chi connectivity index (χ0v) is 13.9. The van der Waals surface area contributed by atoms with E-state index in [1.54, 1.807) is 12.1 Å². The van der Waals surface area contributed by atoms with E-state index in [9.17, 15) is 4.79 Å². The number of thiazole rings is 1. The Morgan fingerprint density at radius 1 is 1.12 bits per heavy atom. The van der Waals surface area contributed by atoms with Crippen LogP contribution in [0.1, 0.15) is 6.92 Å². The summed E-state index contributed by atoms with van der Waals surface area (Å²) in [5, 5.41) is 0.603. The number of hydrogen-bond acceptors (Lipinski definition) is 6. The number of aromatic nitrogens is 1. The van der Waals surface area contributed by atoms with E-state index in [2.05, 4.69) is 15.8 Å². The second-order valence-corrected chi connectivity index (χ2v) is 5.89. The third-order valence-corrected chi connectivity index (χ3v) is 4.03. The topological polar surface area (TPSA) is 72.5 Å². The van der Waals surface area contributed by atoms with Gasteiger partial charge in [0.05, 0.1) is 16.8 Å². The van der Waals surface area contributed by atoms with Crippen molar-refractivity contribution in [2.24, 2.45) is 0 Å². The highest BCUT2D eigenvalue weighted by Crippen LogP contribution is 2.28. The average molecular weight is 343 g/mol. The Morgan fingerprint density at radius 3 is 2.75 bits per heavy atom. The summed E-state index contributed by atoms with van der Waals surface area (Å²) in [7, 11) is 0. The lowest BCUT2D eigenvalue weighted by Crippen LogP contribution is -2.33. The van der Waals surface area contributed by atoms with Crippen molar-refractivity contribution >= 4 is 32.6 Å². The number of hydrazine groups is 1. The van der Waals surface area contributed by atoms with E-state index in [1.807, 2.05) is 43.3 Å². The van der Waals surface area contributed by atoms with Gasteiger partial charge in [-0.05, 0) is 37.3 Å². The first kappa shape index (κ1) is 16.1. The Balaban J connectivity index is 1.54. The number of amides is 1. The normalized spacial score (nSPS) is 10.4. The van der Waals surface area contributed by atoms with Gasteiger partial charge in [0, 0.05) is 0 Å². The Labute approximate surface area is 143 Å². The molecule has 0 fully saturated rings. The van der Waals surface area contributed by atoms with Gasteiger partial charge in [-0.3, -0.25) is 15.6 Å². The maximum atomic E-state index is 11.8. The first-order valence-corrected chi connectivity index (χ1v) is 8.32. The summed E-state index contributed by atoms with van der Waals surface area (Å²) in [6, 6.07) is 14.9. The summed E-state index contributed by atoms with van der Waals surface area (Å²) >= 11 is 1.44. The number of para-hydroxylation sites is 1. The third kappa shape index (κ3) is 4.14. The van der Waals surface area contributed by atoms with E-state index in [4.69, 9.17) is 9.47 Å². The first-order chi connectivity index (χ1) is 11.7. The van der Waals surface area contributed by atoms with Crippen molar-refractivity contribution < 1.29 is 14.3 Å². The fourth-order valence-electron chi connectivity index (χ4n) is 2.04. The number of carbonyl (C=O) groups is 1. The minimum atomic E-state index is -0.284. The second kappa shape index (κ2) is 7.65. The molecule has 3 aromatic rings. The summed E-state index contributed by atoms with van der Waals surface area (Å²) in [5.74, 6) is 1.17. The molecule has 7 heteroatoms. The van der Waals surface area contributed by atoms with E-state index in [-0.39, 0.29) is 12.5 Å². The molecule has 0 saturated heterocycles. The van der Waals surface area contributed by atoms with E-state index < -0.39 is 0 Å². The van der Waals surface area contributed by atoms with Crippen LogP contribution in [0.5, 0.6) is 11.5 Å². The molecule has 2 N–H and O–H groups in total. The van der Waals surface area contributed by atoms with Gasteiger partial charge in [0.25, 0.3) is 5.91 Å². The predicted molar refractivity (Wildman–Crippen MR) is 94.5 cm³/mol. The predicted octanol–water partition coefficient (Wildman–Crippen LogP) is 3.22. The molecule has 0 unspecified atom stereocenters. The molecule has 3 rings (SSSR count). The zero-order valence-electron chi connectivity index (χ0n) is 13.1. The van der Waals surface area contributed by atoms with Crippen LogP contribution < -0.4 is 20.3 Å². The number of benzene rings is 2. The summed E-state index contributed by atoms with van der Waals surface area (Å²) in [5.41, 5.74) is 6.23. The quantitative estimate of drug-likeness (QED) is 0.645. The van der Waals surface area contributed by atoms with Crippen molar-refractivity contribution in [3.05, 3.63) is 48.5 Å². The van der Waals surface area contributed by atoms with E-state index in [0.717, 1.165) is 16.0 Å². The first-order valence-electron chi connectivity index (χ1n) is 7.50. The van der Waals surface area contributed by atoms with E-state index in [1.165, 1.54) is 11.3 Å². The number of fused-ring (bicyclic) bond motifs is 1. The van der Waals surface area contributed by atoms with Gasteiger partial charge in [0.1, 0.15) is 11.5 Å². The standard InChI is InChI=1S/C17H17N3O3S/c1-2-22-13-8-9-14-15(10-13)24-17(18-14)20-19-16(21)11-23-12-6-4-3-5-7-12/h3-10H,2,11H2,1H3,(H,18,20)(H,19,21). The number of rotatable bonds is 7. The van der Waals surface area contributed by atoms with Crippen molar-refractivity contribution in [3.63, 3.8) is 0 Å². The molecular formula is C17H17N3O3S. The van der Waals surface area contributed by atoms with Crippen LogP contribution in [0.3, 0.4) is 0 Å². The van der Waals surface area contributed by atoms with Crippen LogP contribution in [0, 0.1) is 0 Å². The largest absolute Gasteiger partial charge is 0.494 e. The molecule has 2 aromatic carbocycles. The van der Waals surface area contributed by atoms with Crippen LogP contribution in [-0.4, -0.2) is 24.1 Å². The Kier molecular flexibility index (Phi) is 5.12. The Morgan fingerprint density at radius 2 is 1.96 bits per heavy atom. The molecule has 0 aliphatic rings. The van der Waals surface area contributed by atoms with Crippen LogP contribution in [0.25, 0.3) is 10.2 Å². The molecule has 0 spiro atoms. The van der Waals surface area contributed by atoms with E-state index in [0.29, 0.717) is 17.5 Å². The molecule has 1 aromatic heterocycles. The third-order valence-electron chi connectivity index (χ3n) is 3.09. The van der Waals surface area contributed by atoms with Crippen molar-refractivity contribution in [2.45, 2.75) is 6.92 Å². The highest BCUT2D eigenvalue weighted by molar-refractivity contribution is 7.22. The molecule has 1 amide bonds. The lowest BCUT2D eigenvalue weighted by Gasteiger charge is -2.07. The minimum Gasteiger partial charge on any atom is -0.494 e. The molecule has 0 radical (unpaired) electrons. The minimum absolute atomic E-state index is 0.0730. The number of carbonyl (C=O) groups excluding carboxylic acids is 1. The van der Waals surface area contributed by atoms with Gasteiger partial charge in [-0.1, -0.05) is 29.5 Å². The van der Waals surface area contributed by atoms with Crippen molar-refractivity contribution in [3.8, 4) is 11.5 Å². The van der Waals surface area contributed by atoms with Gasteiger partial charge in [-0.15, -0.1) is 0 Å². The average Bonchev–Trinajstić information content (AvgIpc) is 3.01. The Hall–Kier alpha value is -2.80. The molecular weight excluding hydrogens is 326 g/mol. The molecule has 0 atom stereocenters. The number of anilines is 1. The monoisotopic (exact) mass is 343 g/mol. The SMILES string of the molecule is CCOc1ccc2nc(NNC(=O)COc3ccccc3)sc2c1. The van der Waals surface area contributed by atoms with Gasteiger partial charge in [0.2, 0.25) is 5.13 Å². The number of hydrogen-bond donors (Lipinski definition) is 2. The fraction of sp³-hybridized carbons (Fsp3) is 0.176. The smallest absolute Gasteiger partial charge is 0.276 e. The van der Waals surface area contributed by atoms with Gasteiger partial charge < -0.3 is 9.47 Å². The highest BCUT2D eigenvalue weighted by atomic mass is 32.1. The van der Waals surface area contributed by atoms with Crippen LogP contribution in [0.4, 0.5) is 5.13 Å². The van der Waals surface area contributed by atoms with Crippen molar-refractivity contribution in [2.75, 3.05) is 18.6 Å². The van der Waals surface area contributed by atoms with E-state index >= 15 is 0 Å². The fourth-order valence-corrected chi connectivity index (χ4v) is 2.89. The van der Waals surface area contributed by atoms with Gasteiger partial charge in [-0.25, -0.2) is 4.98 Å². The molecule has 1 heterocycles. The Bertz CT molecular complexity index is 820. The summed E-state index contributed by atoms with van der Waals surface area (Å²) < 4.78 is 11.8. The van der Waals surface area contributed by atoms with Crippen LogP contribution >= 0.6 is 11.3 Å². The number of nitrogens with zero attached hydrogens (tertiary/aromatic N) is 1. The number of ether oxygens (including phenoxy) is 2. The van der Waals surface area contributed by atoms with Gasteiger partial charge in [0.15, 0.2) is 6.61 Å². The second-order valence-electron chi connectivity index (χ2n) is 4.86. The summed E-state index contributed by atoms with van der Waals surface area (Å²) in [6.45, 7) is 2.49. The molecule has 0 saturated carbocycles. The lowest BCUT2D eigenvalue weighted by atomic mass is 10.3. The van der Waals surface area contributed by atoms with Gasteiger partial charge >= 0.3 is 0 Å². The maximum absolute atomic E-state index is 11.8. The van der Waals surface area contributed by atoms with Crippen molar-refractivity contribution in [1.82, 2.24) is 10.4 Å². The maximum Gasteiger partial charge on any atom is 0.276 e. The highest BCUT2D eigenvalue weighted by Gasteiger charge is 2.07. The van der Waals surface area contributed by atoms with Crippen molar-refractivity contribution in [1.29, 1.82) is 0 Å². The van der Waals surface area contributed by atoms with Crippen LogP contribution in [0.15, 0.2) is 48.5 Å². The molecule has 0 aliphatic carbocycles.